The van der Waals surface area contributed by atoms with Crippen LogP contribution in [0, 0.1) is 0 Å². The molecule has 3 heteroatoms. The van der Waals surface area contributed by atoms with Crippen LogP contribution in [0.2, 0.25) is 0 Å². The van der Waals surface area contributed by atoms with Crippen LogP contribution in [0.4, 0.5) is 0 Å². The molecule has 92 valence electrons. The maximum atomic E-state index is 6.15. The molecule has 0 aromatic heterocycles. The molecule has 0 aliphatic carbocycles. The first-order valence-electron chi connectivity index (χ1n) is 6.02. The van der Waals surface area contributed by atoms with Crippen molar-refractivity contribution in [2.75, 3.05) is 13.2 Å². The van der Waals surface area contributed by atoms with E-state index in [1.807, 2.05) is 18.2 Å². The number of hydrogen-bond acceptors (Lipinski definition) is 3. The molecule has 2 rings (SSSR count). The topological polar surface area (TPSA) is 44.5 Å². The smallest absolute Gasteiger partial charge is 0.161 e. The molecule has 1 aromatic rings. The van der Waals surface area contributed by atoms with Gasteiger partial charge in [-0.25, -0.2) is 0 Å². The maximum absolute atomic E-state index is 6.15. The maximum Gasteiger partial charge on any atom is 0.161 e. The van der Waals surface area contributed by atoms with Crippen molar-refractivity contribution in [3.8, 4) is 11.5 Å². The number of ether oxygens (including phenoxy) is 2. The lowest BCUT2D eigenvalue weighted by Gasteiger charge is -2.20. The van der Waals surface area contributed by atoms with Crippen LogP contribution >= 0.6 is 0 Å². The van der Waals surface area contributed by atoms with Crippen LogP contribution in [0.3, 0.4) is 0 Å². The van der Waals surface area contributed by atoms with Gasteiger partial charge in [0.25, 0.3) is 0 Å². The van der Waals surface area contributed by atoms with Crippen molar-refractivity contribution in [1.82, 2.24) is 0 Å². The molecular formula is C14H19NO2. The van der Waals surface area contributed by atoms with E-state index in [0.717, 1.165) is 29.9 Å². The summed E-state index contributed by atoms with van der Waals surface area (Å²) in [5, 5.41) is 0. The van der Waals surface area contributed by atoms with Gasteiger partial charge in [-0.3, -0.25) is 0 Å². The minimum absolute atomic E-state index is 0.0155. The van der Waals surface area contributed by atoms with Crippen LogP contribution in [0.25, 0.3) is 0 Å². The molecule has 0 saturated carbocycles. The summed E-state index contributed by atoms with van der Waals surface area (Å²) in [6.07, 6.45) is 1.79. The van der Waals surface area contributed by atoms with Crippen LogP contribution in [0.15, 0.2) is 30.4 Å². The van der Waals surface area contributed by atoms with Gasteiger partial charge in [0, 0.05) is 6.04 Å². The Labute approximate surface area is 102 Å². The quantitative estimate of drug-likeness (QED) is 0.813. The fourth-order valence-corrected chi connectivity index (χ4v) is 1.86. The summed E-state index contributed by atoms with van der Waals surface area (Å²) in [4.78, 5) is 0. The predicted octanol–water partition coefficient (Wildman–Crippen LogP) is 2.81. The van der Waals surface area contributed by atoms with E-state index < -0.39 is 0 Å². The van der Waals surface area contributed by atoms with Crippen molar-refractivity contribution >= 4 is 0 Å². The second-order valence-corrected chi connectivity index (χ2v) is 4.32. The molecule has 1 aromatic carbocycles. The molecule has 2 N–H and O–H groups in total. The monoisotopic (exact) mass is 233 g/mol. The van der Waals surface area contributed by atoms with Crippen molar-refractivity contribution in [2.24, 2.45) is 5.73 Å². The first-order chi connectivity index (χ1) is 8.20. The summed E-state index contributed by atoms with van der Waals surface area (Å²) >= 11 is 0. The minimum Gasteiger partial charge on any atom is -0.486 e. The lowest BCUT2D eigenvalue weighted by atomic mass is 9.99. The summed E-state index contributed by atoms with van der Waals surface area (Å²) in [7, 11) is 0. The summed E-state index contributed by atoms with van der Waals surface area (Å²) < 4.78 is 11.0. The Kier molecular flexibility index (Phi) is 3.69. The molecule has 1 aliphatic rings. The van der Waals surface area contributed by atoms with E-state index >= 15 is 0 Å². The first kappa shape index (κ1) is 12.0. The van der Waals surface area contributed by atoms with Gasteiger partial charge in [-0.15, -0.1) is 0 Å². The molecule has 1 heterocycles. The summed E-state index contributed by atoms with van der Waals surface area (Å²) in [5.74, 6) is 1.60. The highest BCUT2D eigenvalue weighted by atomic mass is 16.6. The van der Waals surface area contributed by atoms with E-state index in [1.165, 1.54) is 5.57 Å². The molecular weight excluding hydrogens is 214 g/mol. The van der Waals surface area contributed by atoms with Gasteiger partial charge in [-0.05, 0) is 30.5 Å². The molecule has 0 radical (unpaired) electrons. The summed E-state index contributed by atoms with van der Waals surface area (Å²) in [6, 6.07) is 5.89. The van der Waals surface area contributed by atoms with Gasteiger partial charge < -0.3 is 15.2 Å². The standard InChI is InChI=1S/C14H19NO2/c1-3-10(2)8-12(15)11-4-5-13-14(9-11)17-7-6-16-13/h4-5,9,12H,2-3,6-8,15H2,1H3. The second kappa shape index (κ2) is 5.23. The average Bonchev–Trinajstić information content (AvgIpc) is 2.38. The van der Waals surface area contributed by atoms with Crippen LogP contribution in [-0.2, 0) is 0 Å². The molecule has 1 atom stereocenters. The average molecular weight is 233 g/mol. The van der Waals surface area contributed by atoms with Crippen LogP contribution in [-0.4, -0.2) is 13.2 Å². The Morgan fingerprint density at radius 2 is 2.06 bits per heavy atom. The molecule has 0 spiro atoms. The van der Waals surface area contributed by atoms with Gasteiger partial charge in [-0.2, -0.15) is 0 Å². The fraction of sp³-hybridized carbons (Fsp3) is 0.429. The number of hydrogen-bond donors (Lipinski definition) is 1. The van der Waals surface area contributed by atoms with Crippen LogP contribution < -0.4 is 15.2 Å². The Hall–Kier alpha value is -1.48. The molecule has 0 amide bonds. The third kappa shape index (κ3) is 2.80. The van der Waals surface area contributed by atoms with Crippen LogP contribution in [0.1, 0.15) is 31.4 Å². The lowest BCUT2D eigenvalue weighted by molar-refractivity contribution is 0.171. The Morgan fingerprint density at radius 3 is 2.76 bits per heavy atom. The normalized spacial score (nSPS) is 15.4. The van der Waals surface area contributed by atoms with Gasteiger partial charge in [0.15, 0.2) is 11.5 Å². The third-order valence-electron chi connectivity index (χ3n) is 3.00. The molecule has 0 bridgehead atoms. The van der Waals surface area contributed by atoms with Gasteiger partial charge in [0.1, 0.15) is 13.2 Å². The molecule has 17 heavy (non-hydrogen) atoms. The van der Waals surface area contributed by atoms with E-state index in [9.17, 15) is 0 Å². The highest BCUT2D eigenvalue weighted by Crippen LogP contribution is 2.33. The summed E-state index contributed by atoms with van der Waals surface area (Å²) in [5.41, 5.74) is 8.39. The SMILES string of the molecule is C=C(CC)CC(N)c1ccc2c(c1)OCCO2. The van der Waals surface area contributed by atoms with Crippen molar-refractivity contribution in [2.45, 2.75) is 25.8 Å². The van der Waals surface area contributed by atoms with E-state index in [-0.39, 0.29) is 6.04 Å². The second-order valence-electron chi connectivity index (χ2n) is 4.32. The van der Waals surface area contributed by atoms with Crippen molar-refractivity contribution in [3.63, 3.8) is 0 Å². The van der Waals surface area contributed by atoms with Gasteiger partial charge in [0.05, 0.1) is 0 Å². The highest BCUT2D eigenvalue weighted by Gasteiger charge is 2.14. The zero-order valence-electron chi connectivity index (χ0n) is 10.2. The fourth-order valence-electron chi connectivity index (χ4n) is 1.86. The zero-order chi connectivity index (χ0) is 12.3. The number of rotatable bonds is 4. The van der Waals surface area contributed by atoms with E-state index in [0.29, 0.717) is 13.2 Å². The molecule has 1 aliphatic heterocycles. The molecule has 3 nitrogen and oxygen atoms in total. The zero-order valence-corrected chi connectivity index (χ0v) is 10.2. The van der Waals surface area contributed by atoms with Crippen molar-refractivity contribution in [3.05, 3.63) is 35.9 Å². The molecule has 0 saturated heterocycles. The van der Waals surface area contributed by atoms with Crippen molar-refractivity contribution in [1.29, 1.82) is 0 Å². The Bertz CT molecular complexity index is 415. The van der Waals surface area contributed by atoms with Crippen molar-refractivity contribution < 1.29 is 9.47 Å². The lowest BCUT2D eigenvalue weighted by Crippen LogP contribution is -2.17. The van der Waals surface area contributed by atoms with Crippen LogP contribution in [0.5, 0.6) is 11.5 Å². The predicted molar refractivity (Wildman–Crippen MR) is 68.4 cm³/mol. The van der Waals surface area contributed by atoms with Gasteiger partial charge >= 0.3 is 0 Å². The summed E-state index contributed by atoms with van der Waals surface area (Å²) in [6.45, 7) is 7.31. The number of fused-ring (bicyclic) bond motifs is 1. The highest BCUT2D eigenvalue weighted by molar-refractivity contribution is 5.44. The van der Waals surface area contributed by atoms with E-state index in [1.54, 1.807) is 0 Å². The molecule has 0 fully saturated rings. The third-order valence-corrected chi connectivity index (χ3v) is 3.00. The largest absolute Gasteiger partial charge is 0.486 e. The van der Waals surface area contributed by atoms with Gasteiger partial charge in [-0.1, -0.05) is 25.1 Å². The molecule has 1 unspecified atom stereocenters. The number of nitrogens with two attached hydrogens (primary N) is 1. The first-order valence-corrected chi connectivity index (χ1v) is 6.02. The minimum atomic E-state index is -0.0155. The van der Waals surface area contributed by atoms with Gasteiger partial charge in [0.2, 0.25) is 0 Å². The van der Waals surface area contributed by atoms with E-state index in [2.05, 4.69) is 13.5 Å². The Balaban J connectivity index is 2.13. The van der Waals surface area contributed by atoms with E-state index in [4.69, 9.17) is 15.2 Å². The number of benzene rings is 1. The Morgan fingerprint density at radius 1 is 1.35 bits per heavy atom.